The van der Waals surface area contributed by atoms with Crippen LogP contribution in [-0.4, -0.2) is 15.8 Å². The number of rotatable bonds is 4. The molecule has 0 spiro atoms. The van der Waals surface area contributed by atoms with Crippen LogP contribution in [0.4, 0.5) is 0 Å². The molecule has 0 aromatic carbocycles. The molecule has 1 aliphatic rings. The van der Waals surface area contributed by atoms with E-state index in [1.54, 1.807) is 4.68 Å². The first-order chi connectivity index (χ1) is 7.09. The smallest absolute Gasteiger partial charge is 0.131 e. The summed E-state index contributed by atoms with van der Waals surface area (Å²) in [4.78, 5) is 0. The van der Waals surface area contributed by atoms with Crippen molar-refractivity contribution in [3.05, 3.63) is 16.4 Å². The minimum atomic E-state index is 0. The van der Waals surface area contributed by atoms with Crippen LogP contribution in [0.1, 0.15) is 43.9 Å². The maximum atomic E-state index is 6.22. The van der Waals surface area contributed by atoms with Gasteiger partial charge in [0, 0.05) is 25.2 Å². The summed E-state index contributed by atoms with van der Waals surface area (Å²) in [6.07, 6.45) is 2.60. The van der Waals surface area contributed by atoms with Gasteiger partial charge in [-0.25, -0.2) is 0 Å². The highest BCUT2D eigenvalue weighted by atomic mass is 35.5. The van der Waals surface area contributed by atoms with E-state index in [9.17, 15) is 0 Å². The predicted octanol–water partition coefficient (Wildman–Crippen LogP) is 2.87. The van der Waals surface area contributed by atoms with E-state index in [4.69, 9.17) is 11.6 Å². The molecule has 2 rings (SSSR count). The van der Waals surface area contributed by atoms with E-state index in [0.717, 1.165) is 17.4 Å². The molecule has 0 unspecified atom stereocenters. The molecule has 16 heavy (non-hydrogen) atoms. The van der Waals surface area contributed by atoms with Crippen LogP contribution < -0.4 is 5.32 Å². The fraction of sp³-hybridized carbons (Fsp3) is 0.727. The van der Waals surface area contributed by atoms with E-state index < -0.39 is 0 Å². The van der Waals surface area contributed by atoms with E-state index in [2.05, 4.69) is 24.3 Å². The lowest BCUT2D eigenvalue weighted by Gasteiger charge is -2.06. The summed E-state index contributed by atoms with van der Waals surface area (Å²) >= 11 is 6.22. The molecule has 1 aliphatic carbocycles. The number of nitrogens with one attached hydrogen (secondary N) is 1. The topological polar surface area (TPSA) is 29.9 Å². The van der Waals surface area contributed by atoms with Crippen LogP contribution in [0.3, 0.4) is 0 Å². The van der Waals surface area contributed by atoms with Gasteiger partial charge in [-0.2, -0.15) is 5.10 Å². The Morgan fingerprint density at radius 2 is 2.12 bits per heavy atom. The second-order valence-electron chi connectivity index (χ2n) is 4.59. The standard InChI is InChI=1S/C11H18ClN3.ClH/c1-7(2)10-9(6-13-8-4-5-8)11(12)15(3)14-10;/h7-8,13H,4-6H2,1-3H3;1H. The zero-order chi connectivity index (χ0) is 11.0. The van der Waals surface area contributed by atoms with Crippen molar-refractivity contribution < 1.29 is 0 Å². The van der Waals surface area contributed by atoms with Gasteiger partial charge < -0.3 is 5.32 Å². The fourth-order valence-corrected chi connectivity index (χ4v) is 1.93. The quantitative estimate of drug-likeness (QED) is 0.906. The van der Waals surface area contributed by atoms with E-state index in [0.29, 0.717) is 12.0 Å². The Labute approximate surface area is 108 Å². The molecule has 1 aromatic rings. The minimum Gasteiger partial charge on any atom is -0.310 e. The van der Waals surface area contributed by atoms with E-state index in [-0.39, 0.29) is 12.4 Å². The molecule has 92 valence electrons. The first-order valence-corrected chi connectivity index (χ1v) is 5.92. The summed E-state index contributed by atoms with van der Waals surface area (Å²) in [5.41, 5.74) is 2.29. The van der Waals surface area contributed by atoms with Crippen molar-refractivity contribution in [3.8, 4) is 0 Å². The second-order valence-corrected chi connectivity index (χ2v) is 4.95. The summed E-state index contributed by atoms with van der Waals surface area (Å²) in [6.45, 7) is 5.16. The van der Waals surface area contributed by atoms with Crippen molar-refractivity contribution in [3.63, 3.8) is 0 Å². The van der Waals surface area contributed by atoms with E-state index in [1.165, 1.54) is 18.4 Å². The summed E-state index contributed by atoms with van der Waals surface area (Å²) in [5.74, 6) is 0.430. The van der Waals surface area contributed by atoms with Crippen LogP contribution >= 0.6 is 24.0 Å². The second kappa shape index (κ2) is 5.39. The molecular formula is C11H19Cl2N3. The van der Waals surface area contributed by atoms with Gasteiger partial charge in [-0.15, -0.1) is 12.4 Å². The SMILES string of the molecule is CC(C)c1nn(C)c(Cl)c1CNC1CC1.Cl. The maximum absolute atomic E-state index is 6.22. The maximum Gasteiger partial charge on any atom is 0.131 e. The Hall–Kier alpha value is -0.250. The summed E-state index contributed by atoms with van der Waals surface area (Å²) in [5, 5.41) is 8.71. The molecular weight excluding hydrogens is 245 g/mol. The Bertz CT molecular complexity index is 356. The average molecular weight is 264 g/mol. The molecule has 0 bridgehead atoms. The van der Waals surface area contributed by atoms with Crippen LogP contribution in [0.25, 0.3) is 0 Å². The number of halogens is 2. The summed E-state index contributed by atoms with van der Waals surface area (Å²) in [7, 11) is 1.90. The molecule has 0 amide bonds. The predicted molar refractivity (Wildman–Crippen MR) is 69.4 cm³/mol. The monoisotopic (exact) mass is 263 g/mol. The van der Waals surface area contributed by atoms with Gasteiger partial charge in [0.15, 0.2) is 0 Å². The lowest BCUT2D eigenvalue weighted by molar-refractivity contribution is 0.673. The minimum absolute atomic E-state index is 0. The van der Waals surface area contributed by atoms with Crippen molar-refractivity contribution in [1.82, 2.24) is 15.1 Å². The number of nitrogens with zero attached hydrogens (tertiary/aromatic N) is 2. The highest BCUT2D eigenvalue weighted by Gasteiger charge is 2.23. The Morgan fingerprint density at radius 1 is 1.50 bits per heavy atom. The van der Waals surface area contributed by atoms with Crippen molar-refractivity contribution >= 4 is 24.0 Å². The highest BCUT2D eigenvalue weighted by molar-refractivity contribution is 6.30. The molecule has 1 fully saturated rings. The molecule has 3 nitrogen and oxygen atoms in total. The van der Waals surface area contributed by atoms with Crippen LogP contribution in [-0.2, 0) is 13.6 Å². The van der Waals surface area contributed by atoms with Crippen molar-refractivity contribution in [2.45, 2.75) is 45.2 Å². The molecule has 0 atom stereocenters. The van der Waals surface area contributed by atoms with Gasteiger partial charge >= 0.3 is 0 Å². The van der Waals surface area contributed by atoms with Crippen molar-refractivity contribution in [2.24, 2.45) is 7.05 Å². The van der Waals surface area contributed by atoms with Crippen LogP contribution in [0.2, 0.25) is 5.15 Å². The van der Waals surface area contributed by atoms with E-state index in [1.807, 2.05) is 7.05 Å². The van der Waals surface area contributed by atoms with Gasteiger partial charge in [0.05, 0.1) is 5.69 Å². The molecule has 0 saturated heterocycles. The third-order valence-corrected chi connectivity index (χ3v) is 3.26. The molecule has 5 heteroatoms. The Kier molecular flexibility index (Phi) is 4.65. The fourth-order valence-electron chi connectivity index (χ4n) is 1.73. The summed E-state index contributed by atoms with van der Waals surface area (Å²) in [6, 6.07) is 0.710. The molecule has 1 heterocycles. The molecule has 1 saturated carbocycles. The third kappa shape index (κ3) is 2.90. The molecule has 1 aromatic heterocycles. The number of aromatic nitrogens is 2. The average Bonchev–Trinajstić information content (AvgIpc) is 2.94. The van der Waals surface area contributed by atoms with Gasteiger partial charge in [-0.1, -0.05) is 25.4 Å². The van der Waals surface area contributed by atoms with E-state index >= 15 is 0 Å². The van der Waals surface area contributed by atoms with Gasteiger partial charge in [0.2, 0.25) is 0 Å². The number of aryl methyl sites for hydroxylation is 1. The Morgan fingerprint density at radius 3 is 2.62 bits per heavy atom. The van der Waals surface area contributed by atoms with Gasteiger partial charge in [0.1, 0.15) is 5.15 Å². The first kappa shape index (κ1) is 13.8. The zero-order valence-corrected chi connectivity index (χ0v) is 11.5. The Balaban J connectivity index is 0.00000128. The molecule has 0 radical (unpaired) electrons. The first-order valence-electron chi connectivity index (χ1n) is 5.54. The van der Waals surface area contributed by atoms with Crippen LogP contribution in [0, 0.1) is 0 Å². The molecule has 1 N–H and O–H groups in total. The zero-order valence-electron chi connectivity index (χ0n) is 9.96. The molecule has 0 aliphatic heterocycles. The number of hydrogen-bond acceptors (Lipinski definition) is 2. The summed E-state index contributed by atoms with van der Waals surface area (Å²) < 4.78 is 1.76. The highest BCUT2D eigenvalue weighted by Crippen LogP contribution is 2.26. The van der Waals surface area contributed by atoms with Crippen molar-refractivity contribution in [1.29, 1.82) is 0 Å². The van der Waals surface area contributed by atoms with Gasteiger partial charge in [0.25, 0.3) is 0 Å². The number of hydrogen-bond donors (Lipinski definition) is 1. The van der Waals surface area contributed by atoms with Crippen LogP contribution in [0.5, 0.6) is 0 Å². The lowest BCUT2D eigenvalue weighted by Crippen LogP contribution is -2.16. The normalized spacial score (nSPS) is 15.3. The van der Waals surface area contributed by atoms with Gasteiger partial charge in [-0.3, -0.25) is 4.68 Å². The van der Waals surface area contributed by atoms with Crippen LogP contribution in [0.15, 0.2) is 0 Å². The lowest BCUT2D eigenvalue weighted by atomic mass is 10.1. The largest absolute Gasteiger partial charge is 0.310 e. The van der Waals surface area contributed by atoms with Gasteiger partial charge in [-0.05, 0) is 18.8 Å². The van der Waals surface area contributed by atoms with Crippen molar-refractivity contribution in [2.75, 3.05) is 0 Å². The third-order valence-electron chi connectivity index (χ3n) is 2.79.